The molecule has 148 valence electrons. The summed E-state index contributed by atoms with van der Waals surface area (Å²) in [5, 5.41) is 6.65. The van der Waals surface area contributed by atoms with Crippen LogP contribution in [-0.2, 0) is 13.1 Å². The number of nitrogens with one attached hydrogen (secondary N) is 2. The third-order valence-electron chi connectivity index (χ3n) is 3.98. The summed E-state index contributed by atoms with van der Waals surface area (Å²) >= 11 is 0. The number of hydrogen-bond donors (Lipinski definition) is 2. The lowest BCUT2D eigenvalue weighted by Crippen LogP contribution is -2.36. The minimum absolute atomic E-state index is 0. The van der Waals surface area contributed by atoms with Gasteiger partial charge in [0, 0.05) is 44.3 Å². The monoisotopic (exact) mass is 492 g/mol. The molecule has 0 amide bonds. The minimum atomic E-state index is 0. The van der Waals surface area contributed by atoms with Crippen LogP contribution in [0.5, 0.6) is 5.75 Å². The lowest BCUT2D eigenvalue weighted by Gasteiger charge is -2.14. The number of para-hydroxylation sites is 1. The SMILES string of the molecule is CCOc1ccccc1CNC(=NC)NCc1ccnc(-n2ccnc2)c1.I. The zero-order chi connectivity index (χ0) is 18.9. The largest absolute Gasteiger partial charge is 0.494 e. The third kappa shape index (κ3) is 5.95. The number of pyridine rings is 1. The van der Waals surface area contributed by atoms with Crippen LogP contribution in [0.4, 0.5) is 0 Å². The number of nitrogens with zero attached hydrogens (tertiary/aromatic N) is 4. The van der Waals surface area contributed by atoms with Crippen LogP contribution in [0.2, 0.25) is 0 Å². The molecule has 0 atom stereocenters. The normalized spacial score (nSPS) is 10.9. The smallest absolute Gasteiger partial charge is 0.191 e. The Labute approximate surface area is 182 Å². The van der Waals surface area contributed by atoms with Crippen molar-refractivity contribution < 1.29 is 4.74 Å². The van der Waals surface area contributed by atoms with Gasteiger partial charge in [-0.1, -0.05) is 18.2 Å². The summed E-state index contributed by atoms with van der Waals surface area (Å²) in [5.74, 6) is 2.45. The van der Waals surface area contributed by atoms with E-state index < -0.39 is 0 Å². The second-order valence-electron chi connectivity index (χ2n) is 5.81. The third-order valence-corrected chi connectivity index (χ3v) is 3.98. The molecule has 8 heteroatoms. The number of benzene rings is 1. The lowest BCUT2D eigenvalue weighted by atomic mass is 10.2. The molecule has 0 saturated carbocycles. The Morgan fingerprint density at radius 3 is 2.71 bits per heavy atom. The predicted molar refractivity (Wildman–Crippen MR) is 121 cm³/mol. The number of halogens is 1. The molecule has 0 aliphatic carbocycles. The Kier molecular flexibility index (Phi) is 8.73. The minimum Gasteiger partial charge on any atom is -0.494 e. The van der Waals surface area contributed by atoms with E-state index in [1.165, 1.54) is 0 Å². The van der Waals surface area contributed by atoms with Crippen LogP contribution in [0, 0.1) is 0 Å². The molecule has 3 aromatic rings. The van der Waals surface area contributed by atoms with Crippen molar-refractivity contribution in [3.05, 3.63) is 72.4 Å². The number of aliphatic imine (C=N–C) groups is 1. The van der Waals surface area contributed by atoms with E-state index in [0.29, 0.717) is 19.7 Å². The van der Waals surface area contributed by atoms with Gasteiger partial charge in [0.25, 0.3) is 0 Å². The van der Waals surface area contributed by atoms with Gasteiger partial charge in [-0.3, -0.25) is 9.56 Å². The summed E-state index contributed by atoms with van der Waals surface area (Å²) in [6.07, 6.45) is 7.13. The van der Waals surface area contributed by atoms with E-state index >= 15 is 0 Å². The summed E-state index contributed by atoms with van der Waals surface area (Å²) < 4.78 is 7.54. The van der Waals surface area contributed by atoms with Crippen molar-refractivity contribution in [2.75, 3.05) is 13.7 Å². The van der Waals surface area contributed by atoms with Gasteiger partial charge < -0.3 is 15.4 Å². The summed E-state index contributed by atoms with van der Waals surface area (Å²) in [5.41, 5.74) is 2.19. The van der Waals surface area contributed by atoms with Crippen molar-refractivity contribution >= 4 is 29.9 Å². The molecular formula is C20H25IN6O. The maximum atomic E-state index is 5.67. The van der Waals surface area contributed by atoms with E-state index in [9.17, 15) is 0 Å². The Morgan fingerprint density at radius 1 is 1.14 bits per heavy atom. The Balaban J connectivity index is 0.00000280. The fourth-order valence-corrected chi connectivity index (χ4v) is 2.64. The molecule has 7 nitrogen and oxygen atoms in total. The molecule has 2 aromatic heterocycles. The molecule has 0 spiro atoms. The van der Waals surface area contributed by atoms with Crippen molar-refractivity contribution in [3.8, 4) is 11.6 Å². The van der Waals surface area contributed by atoms with Crippen molar-refractivity contribution in [2.24, 2.45) is 4.99 Å². The van der Waals surface area contributed by atoms with Gasteiger partial charge in [-0.05, 0) is 30.7 Å². The summed E-state index contributed by atoms with van der Waals surface area (Å²) in [4.78, 5) is 12.7. The summed E-state index contributed by atoms with van der Waals surface area (Å²) in [6.45, 7) is 3.90. The summed E-state index contributed by atoms with van der Waals surface area (Å²) in [7, 11) is 1.76. The average Bonchev–Trinajstić information content (AvgIpc) is 3.25. The van der Waals surface area contributed by atoms with E-state index in [1.807, 2.05) is 54.1 Å². The molecule has 3 rings (SSSR count). The number of hydrogen-bond acceptors (Lipinski definition) is 4. The van der Waals surface area contributed by atoms with Crippen molar-refractivity contribution in [1.29, 1.82) is 0 Å². The summed E-state index contributed by atoms with van der Waals surface area (Å²) in [6, 6.07) is 12.0. The Morgan fingerprint density at radius 2 is 1.96 bits per heavy atom. The topological polar surface area (TPSA) is 76.4 Å². The molecular weight excluding hydrogens is 467 g/mol. The highest BCUT2D eigenvalue weighted by Crippen LogP contribution is 2.17. The Hall–Kier alpha value is -2.62. The van der Waals surface area contributed by atoms with E-state index in [2.05, 4.69) is 25.6 Å². The van der Waals surface area contributed by atoms with E-state index in [1.54, 1.807) is 25.8 Å². The average molecular weight is 492 g/mol. The van der Waals surface area contributed by atoms with Gasteiger partial charge in [0.05, 0.1) is 6.61 Å². The maximum absolute atomic E-state index is 5.67. The number of rotatable bonds is 7. The van der Waals surface area contributed by atoms with Crippen LogP contribution in [0.25, 0.3) is 5.82 Å². The van der Waals surface area contributed by atoms with Crippen LogP contribution in [-0.4, -0.2) is 34.1 Å². The zero-order valence-electron chi connectivity index (χ0n) is 16.0. The second kappa shape index (κ2) is 11.3. The first-order valence-corrected chi connectivity index (χ1v) is 8.88. The fourth-order valence-electron chi connectivity index (χ4n) is 2.64. The molecule has 0 aliphatic rings. The lowest BCUT2D eigenvalue weighted by molar-refractivity contribution is 0.336. The molecule has 0 unspecified atom stereocenters. The fraction of sp³-hybridized carbons (Fsp3) is 0.250. The van der Waals surface area contributed by atoms with Crippen molar-refractivity contribution in [3.63, 3.8) is 0 Å². The molecule has 28 heavy (non-hydrogen) atoms. The first-order valence-electron chi connectivity index (χ1n) is 8.88. The molecule has 0 bridgehead atoms. The zero-order valence-corrected chi connectivity index (χ0v) is 18.3. The highest BCUT2D eigenvalue weighted by molar-refractivity contribution is 14.0. The second-order valence-corrected chi connectivity index (χ2v) is 5.81. The highest BCUT2D eigenvalue weighted by Gasteiger charge is 2.05. The first kappa shape index (κ1) is 21.7. The van der Waals surface area contributed by atoms with Gasteiger partial charge in [-0.25, -0.2) is 9.97 Å². The van der Waals surface area contributed by atoms with Crippen LogP contribution in [0.1, 0.15) is 18.1 Å². The first-order chi connectivity index (χ1) is 13.3. The van der Waals surface area contributed by atoms with E-state index in [-0.39, 0.29) is 24.0 Å². The van der Waals surface area contributed by atoms with Gasteiger partial charge in [0.2, 0.25) is 0 Å². The standard InChI is InChI=1S/C20H24N6O.HI/c1-3-27-18-7-5-4-6-17(18)14-25-20(21-2)24-13-16-8-9-23-19(12-16)26-11-10-22-15-26;/h4-12,15H,3,13-14H2,1-2H3,(H2,21,24,25);1H. The molecule has 0 fully saturated rings. The number of imidazole rings is 1. The van der Waals surface area contributed by atoms with Gasteiger partial charge in [0.15, 0.2) is 5.96 Å². The Bertz CT molecular complexity index is 882. The van der Waals surface area contributed by atoms with Gasteiger partial charge in [0.1, 0.15) is 17.9 Å². The van der Waals surface area contributed by atoms with Gasteiger partial charge in [-0.15, -0.1) is 24.0 Å². The molecule has 1 aromatic carbocycles. The van der Waals surface area contributed by atoms with Crippen LogP contribution < -0.4 is 15.4 Å². The van der Waals surface area contributed by atoms with Crippen molar-refractivity contribution in [2.45, 2.75) is 20.0 Å². The molecule has 0 radical (unpaired) electrons. The maximum Gasteiger partial charge on any atom is 0.191 e. The quantitative estimate of drug-likeness (QED) is 0.301. The van der Waals surface area contributed by atoms with Crippen LogP contribution >= 0.6 is 24.0 Å². The van der Waals surface area contributed by atoms with Gasteiger partial charge in [-0.2, -0.15) is 0 Å². The van der Waals surface area contributed by atoms with Crippen molar-refractivity contribution in [1.82, 2.24) is 25.2 Å². The highest BCUT2D eigenvalue weighted by atomic mass is 127. The molecule has 2 heterocycles. The molecule has 0 aliphatic heterocycles. The van der Waals surface area contributed by atoms with Crippen LogP contribution in [0.3, 0.4) is 0 Å². The van der Waals surface area contributed by atoms with Gasteiger partial charge >= 0.3 is 0 Å². The number of ether oxygens (including phenoxy) is 1. The van der Waals surface area contributed by atoms with E-state index in [0.717, 1.165) is 28.7 Å². The van der Waals surface area contributed by atoms with Crippen LogP contribution in [0.15, 0.2) is 66.3 Å². The predicted octanol–water partition coefficient (Wildman–Crippen LogP) is 3.15. The number of aromatic nitrogens is 3. The molecule has 0 saturated heterocycles. The number of guanidine groups is 1. The molecule has 2 N–H and O–H groups in total. The van der Waals surface area contributed by atoms with E-state index in [4.69, 9.17) is 4.74 Å².